The maximum absolute atomic E-state index is 11.5. The van der Waals surface area contributed by atoms with Gasteiger partial charge in [-0.05, 0) is 54.9 Å². The molecule has 2 aromatic carbocycles. The zero-order valence-electron chi connectivity index (χ0n) is 15.6. The lowest BCUT2D eigenvalue weighted by Gasteiger charge is -2.31. The Hall–Kier alpha value is -2.17. The fraction of sp³-hybridized carbons (Fsp3) is 0.348. The number of fused-ring (bicyclic) bond motifs is 2. The van der Waals surface area contributed by atoms with Gasteiger partial charge in [-0.3, -0.25) is 0 Å². The molecule has 1 fully saturated rings. The molecule has 0 spiro atoms. The summed E-state index contributed by atoms with van der Waals surface area (Å²) >= 11 is 5.60. The summed E-state index contributed by atoms with van der Waals surface area (Å²) < 4.78 is 0. The Kier molecular flexibility index (Phi) is 5.02. The van der Waals surface area contributed by atoms with E-state index in [-0.39, 0.29) is 0 Å². The maximum atomic E-state index is 11.5. The van der Waals surface area contributed by atoms with Gasteiger partial charge in [-0.2, -0.15) is 0 Å². The van der Waals surface area contributed by atoms with Crippen molar-refractivity contribution in [3.8, 4) is 0 Å². The second kappa shape index (κ2) is 7.45. The standard InChI is InChI=1S/C23H26N2OS/c1-2-23(26,18-8-4-3-5-9-18)19-10-6-7-11-20(19)24-22(27)25-21-15-16-12-13-17(21)14-16/h3-13,16-17,21,26H,2,14-15H2,1H3,(H2,24,25,27). The molecule has 2 aromatic rings. The number of hydrogen-bond donors (Lipinski definition) is 3. The number of aliphatic hydroxyl groups is 1. The van der Waals surface area contributed by atoms with Crippen LogP contribution >= 0.6 is 12.2 Å². The summed E-state index contributed by atoms with van der Waals surface area (Å²) in [6.45, 7) is 2.00. The van der Waals surface area contributed by atoms with E-state index in [1.807, 2.05) is 61.5 Å². The molecule has 4 atom stereocenters. The van der Waals surface area contributed by atoms with Gasteiger partial charge in [-0.15, -0.1) is 0 Å². The molecular formula is C23H26N2OS. The number of thiocarbonyl (C=S) groups is 1. The molecule has 3 N–H and O–H groups in total. The molecule has 4 unspecified atom stereocenters. The lowest BCUT2D eigenvalue weighted by atomic mass is 9.83. The Morgan fingerprint density at radius 2 is 1.81 bits per heavy atom. The van der Waals surface area contributed by atoms with Crippen molar-refractivity contribution in [2.45, 2.75) is 37.8 Å². The molecule has 27 heavy (non-hydrogen) atoms. The number of hydrogen-bond acceptors (Lipinski definition) is 2. The zero-order valence-corrected chi connectivity index (χ0v) is 16.4. The highest BCUT2D eigenvalue weighted by atomic mass is 32.1. The van der Waals surface area contributed by atoms with Crippen molar-refractivity contribution in [3.05, 3.63) is 77.9 Å². The van der Waals surface area contributed by atoms with Gasteiger partial charge in [0.05, 0.1) is 0 Å². The van der Waals surface area contributed by atoms with Gasteiger partial charge in [0.1, 0.15) is 5.60 Å². The Balaban J connectivity index is 1.55. The van der Waals surface area contributed by atoms with Crippen molar-refractivity contribution in [3.63, 3.8) is 0 Å². The van der Waals surface area contributed by atoms with Crippen molar-refractivity contribution < 1.29 is 5.11 Å². The summed E-state index contributed by atoms with van der Waals surface area (Å²) in [5.74, 6) is 1.28. The van der Waals surface area contributed by atoms with Crippen LogP contribution in [-0.2, 0) is 5.60 Å². The third-order valence-corrected chi connectivity index (χ3v) is 6.20. The van der Waals surface area contributed by atoms with Crippen LogP contribution < -0.4 is 10.6 Å². The largest absolute Gasteiger partial charge is 0.380 e. The predicted molar refractivity (Wildman–Crippen MR) is 115 cm³/mol. The second-order valence-corrected chi connectivity index (χ2v) is 8.02. The maximum Gasteiger partial charge on any atom is 0.171 e. The molecule has 4 rings (SSSR count). The quantitative estimate of drug-likeness (QED) is 0.526. The zero-order chi connectivity index (χ0) is 18.9. The summed E-state index contributed by atoms with van der Waals surface area (Å²) in [5.41, 5.74) is 1.52. The van der Waals surface area contributed by atoms with Crippen molar-refractivity contribution in [2.75, 3.05) is 5.32 Å². The first-order valence-electron chi connectivity index (χ1n) is 9.73. The van der Waals surface area contributed by atoms with E-state index in [0.29, 0.717) is 29.4 Å². The van der Waals surface area contributed by atoms with Crippen LogP contribution in [0.15, 0.2) is 66.7 Å². The monoisotopic (exact) mass is 378 g/mol. The normalized spacial score (nSPS) is 25.2. The number of allylic oxidation sites excluding steroid dienone is 1. The highest BCUT2D eigenvalue weighted by Gasteiger charge is 2.36. The average molecular weight is 379 g/mol. The number of rotatable bonds is 5. The Bertz CT molecular complexity index is 850. The van der Waals surface area contributed by atoms with Crippen LogP contribution in [0.4, 0.5) is 5.69 Å². The number of anilines is 1. The Labute approximate surface area is 166 Å². The van der Waals surface area contributed by atoms with Gasteiger partial charge >= 0.3 is 0 Å². The summed E-state index contributed by atoms with van der Waals surface area (Å²) in [5, 5.41) is 19.0. The topological polar surface area (TPSA) is 44.3 Å². The van der Waals surface area contributed by atoms with Crippen LogP contribution in [0.2, 0.25) is 0 Å². The van der Waals surface area contributed by atoms with E-state index < -0.39 is 5.60 Å². The molecule has 140 valence electrons. The van der Waals surface area contributed by atoms with Gasteiger partial charge in [0.15, 0.2) is 5.11 Å². The van der Waals surface area contributed by atoms with Crippen LogP contribution in [-0.4, -0.2) is 16.3 Å². The average Bonchev–Trinajstić information content (AvgIpc) is 3.31. The van der Waals surface area contributed by atoms with Gasteiger partial charge in [0.2, 0.25) is 0 Å². The lowest BCUT2D eigenvalue weighted by molar-refractivity contribution is 0.0773. The van der Waals surface area contributed by atoms with E-state index in [0.717, 1.165) is 23.2 Å². The number of para-hydroxylation sites is 1. The first kappa shape index (κ1) is 18.2. The predicted octanol–water partition coefficient (Wildman–Crippen LogP) is 4.58. The minimum absolute atomic E-state index is 0.409. The molecule has 2 aliphatic rings. The van der Waals surface area contributed by atoms with Gasteiger partial charge < -0.3 is 15.7 Å². The smallest absolute Gasteiger partial charge is 0.171 e. The molecule has 2 bridgehead atoms. The van der Waals surface area contributed by atoms with Gasteiger partial charge in [0, 0.05) is 17.3 Å². The summed E-state index contributed by atoms with van der Waals surface area (Å²) in [6, 6.07) is 18.1. The van der Waals surface area contributed by atoms with Gasteiger partial charge in [-0.1, -0.05) is 67.6 Å². The first-order chi connectivity index (χ1) is 13.1. The minimum Gasteiger partial charge on any atom is -0.380 e. The van der Waals surface area contributed by atoms with Crippen molar-refractivity contribution >= 4 is 23.0 Å². The molecule has 0 heterocycles. The fourth-order valence-electron chi connectivity index (χ4n) is 4.49. The lowest BCUT2D eigenvalue weighted by Crippen LogP contribution is -2.40. The summed E-state index contributed by atoms with van der Waals surface area (Å²) in [6.07, 6.45) is 7.60. The first-order valence-corrected chi connectivity index (χ1v) is 10.1. The van der Waals surface area contributed by atoms with E-state index in [9.17, 15) is 5.11 Å². The van der Waals surface area contributed by atoms with Crippen molar-refractivity contribution in [2.24, 2.45) is 11.8 Å². The molecule has 1 saturated carbocycles. The van der Waals surface area contributed by atoms with Crippen LogP contribution in [0.1, 0.15) is 37.3 Å². The Morgan fingerprint density at radius 3 is 2.48 bits per heavy atom. The minimum atomic E-state index is -1.06. The third-order valence-electron chi connectivity index (χ3n) is 5.98. The second-order valence-electron chi connectivity index (χ2n) is 7.61. The van der Waals surface area contributed by atoms with E-state index in [1.165, 1.54) is 6.42 Å². The van der Waals surface area contributed by atoms with Crippen molar-refractivity contribution in [1.82, 2.24) is 5.32 Å². The van der Waals surface area contributed by atoms with E-state index >= 15 is 0 Å². The molecule has 2 aliphatic carbocycles. The summed E-state index contributed by atoms with van der Waals surface area (Å²) in [7, 11) is 0. The van der Waals surface area contributed by atoms with Gasteiger partial charge in [-0.25, -0.2) is 0 Å². The molecular weight excluding hydrogens is 352 g/mol. The molecule has 3 nitrogen and oxygen atoms in total. The third kappa shape index (κ3) is 3.52. The van der Waals surface area contributed by atoms with Crippen LogP contribution in [0.3, 0.4) is 0 Å². The number of nitrogens with one attached hydrogen (secondary N) is 2. The van der Waals surface area contributed by atoms with Crippen LogP contribution in [0.25, 0.3) is 0 Å². The molecule has 0 aromatic heterocycles. The number of benzene rings is 2. The van der Waals surface area contributed by atoms with Gasteiger partial charge in [0.25, 0.3) is 0 Å². The van der Waals surface area contributed by atoms with Crippen LogP contribution in [0.5, 0.6) is 0 Å². The Morgan fingerprint density at radius 1 is 1.07 bits per heavy atom. The summed E-state index contributed by atoms with van der Waals surface area (Å²) in [4.78, 5) is 0. The molecule has 0 saturated heterocycles. The van der Waals surface area contributed by atoms with E-state index in [1.54, 1.807) is 0 Å². The highest BCUT2D eigenvalue weighted by molar-refractivity contribution is 7.80. The SMILES string of the molecule is CCC(O)(c1ccccc1)c1ccccc1NC(=S)NC1CC2C=CC1C2. The molecule has 0 aliphatic heterocycles. The molecule has 0 radical (unpaired) electrons. The molecule has 0 amide bonds. The van der Waals surface area contributed by atoms with E-state index in [2.05, 4.69) is 22.8 Å². The van der Waals surface area contributed by atoms with E-state index in [4.69, 9.17) is 12.2 Å². The van der Waals surface area contributed by atoms with Crippen molar-refractivity contribution in [1.29, 1.82) is 0 Å². The fourth-order valence-corrected chi connectivity index (χ4v) is 4.75. The highest BCUT2D eigenvalue weighted by Crippen LogP contribution is 2.39. The molecule has 4 heteroatoms. The van der Waals surface area contributed by atoms with Crippen LogP contribution in [0, 0.1) is 11.8 Å².